The van der Waals surface area contributed by atoms with Gasteiger partial charge in [-0.25, -0.2) is 0 Å². The van der Waals surface area contributed by atoms with E-state index < -0.39 is 0 Å². The molecule has 0 saturated carbocycles. The predicted molar refractivity (Wildman–Crippen MR) is 92.8 cm³/mol. The molecular weight excluding hydrogens is 272 g/mol. The smallest absolute Gasteiger partial charge is 0.115 e. The Morgan fingerprint density at radius 1 is 1.36 bits per heavy atom. The van der Waals surface area contributed by atoms with E-state index in [-0.39, 0.29) is 5.92 Å². The molecule has 120 valence electrons. The van der Waals surface area contributed by atoms with Gasteiger partial charge in [0.05, 0.1) is 0 Å². The fraction of sp³-hybridized carbons (Fsp3) is 0.474. The molecule has 0 amide bonds. The van der Waals surface area contributed by atoms with Gasteiger partial charge in [-0.2, -0.15) is 0 Å². The highest BCUT2D eigenvalue weighted by atomic mass is 16.3. The summed E-state index contributed by atoms with van der Waals surface area (Å²) in [5, 5.41) is 12.9. The van der Waals surface area contributed by atoms with Gasteiger partial charge in [-0.3, -0.25) is 0 Å². The highest BCUT2D eigenvalue weighted by Gasteiger charge is 2.22. The molecule has 2 rings (SSSR count). The number of hydrogen-bond donors (Lipinski definition) is 3. The summed E-state index contributed by atoms with van der Waals surface area (Å²) in [6.45, 7) is 8.41. The van der Waals surface area contributed by atoms with Crippen molar-refractivity contribution in [1.29, 1.82) is 0 Å². The summed E-state index contributed by atoms with van der Waals surface area (Å²) in [6, 6.07) is 7.52. The molecule has 0 radical (unpaired) electrons. The zero-order valence-corrected chi connectivity index (χ0v) is 13.9. The second-order valence-electron chi connectivity index (χ2n) is 6.20. The van der Waals surface area contributed by atoms with Gasteiger partial charge in [0.2, 0.25) is 0 Å². The van der Waals surface area contributed by atoms with Crippen molar-refractivity contribution in [3.8, 4) is 5.75 Å². The number of aromatic hydroxyl groups is 1. The van der Waals surface area contributed by atoms with E-state index in [0.29, 0.717) is 11.7 Å². The quantitative estimate of drug-likeness (QED) is 0.795. The van der Waals surface area contributed by atoms with Crippen molar-refractivity contribution in [2.45, 2.75) is 39.5 Å². The number of phenolic OH excluding ortho intramolecular Hbond substituents is 1. The van der Waals surface area contributed by atoms with E-state index in [1.807, 2.05) is 12.1 Å². The second kappa shape index (κ2) is 7.50. The van der Waals surface area contributed by atoms with Crippen LogP contribution in [0.3, 0.4) is 0 Å². The lowest BCUT2D eigenvalue weighted by atomic mass is 9.84. The standard InChI is InChI=1S/C19H28N2O/c1-4-13(2)14(3)19(20)18-10-12-21-11-9-17(18)15-5-7-16(22)8-6-15/h5-8,10,13,17,21-22H,4,9,11-12,20H2,1-3H3/b19-14-. The maximum absolute atomic E-state index is 9.52. The third-order valence-electron chi connectivity index (χ3n) is 4.83. The van der Waals surface area contributed by atoms with Crippen LogP contribution >= 0.6 is 0 Å². The van der Waals surface area contributed by atoms with Crippen LogP contribution in [0.5, 0.6) is 5.75 Å². The number of phenols is 1. The van der Waals surface area contributed by atoms with Crippen LogP contribution in [0, 0.1) is 5.92 Å². The Balaban J connectivity index is 2.40. The minimum absolute atomic E-state index is 0.287. The molecule has 1 aliphatic heterocycles. The summed E-state index contributed by atoms with van der Waals surface area (Å²) < 4.78 is 0. The molecule has 1 heterocycles. The van der Waals surface area contributed by atoms with Gasteiger partial charge >= 0.3 is 0 Å². The first-order valence-electron chi connectivity index (χ1n) is 8.20. The number of hydrogen-bond acceptors (Lipinski definition) is 3. The summed E-state index contributed by atoms with van der Waals surface area (Å²) >= 11 is 0. The molecule has 0 fully saturated rings. The first-order valence-corrected chi connectivity index (χ1v) is 8.20. The van der Waals surface area contributed by atoms with Crippen LogP contribution in [0.4, 0.5) is 0 Å². The molecule has 1 aliphatic rings. The van der Waals surface area contributed by atoms with E-state index in [4.69, 9.17) is 5.73 Å². The van der Waals surface area contributed by atoms with Crippen molar-refractivity contribution in [1.82, 2.24) is 5.32 Å². The highest BCUT2D eigenvalue weighted by molar-refractivity contribution is 5.44. The molecule has 2 atom stereocenters. The maximum Gasteiger partial charge on any atom is 0.115 e. The molecule has 0 spiro atoms. The van der Waals surface area contributed by atoms with Crippen molar-refractivity contribution in [2.75, 3.05) is 13.1 Å². The lowest BCUT2D eigenvalue weighted by Gasteiger charge is -2.23. The molecule has 0 bridgehead atoms. The zero-order chi connectivity index (χ0) is 16.1. The minimum atomic E-state index is 0.287. The molecule has 3 nitrogen and oxygen atoms in total. The Labute approximate surface area is 133 Å². The Morgan fingerprint density at radius 2 is 2.05 bits per heavy atom. The topological polar surface area (TPSA) is 58.3 Å². The lowest BCUT2D eigenvalue weighted by Crippen LogP contribution is -2.16. The summed E-state index contributed by atoms with van der Waals surface area (Å²) in [5.74, 6) is 1.09. The molecular formula is C19H28N2O. The average molecular weight is 300 g/mol. The van der Waals surface area contributed by atoms with Crippen LogP contribution in [0.2, 0.25) is 0 Å². The molecule has 0 aromatic heterocycles. The second-order valence-corrected chi connectivity index (χ2v) is 6.20. The normalized spacial score (nSPS) is 21.6. The lowest BCUT2D eigenvalue weighted by molar-refractivity contribution is 0.475. The summed E-state index contributed by atoms with van der Waals surface area (Å²) in [7, 11) is 0. The van der Waals surface area contributed by atoms with Crippen LogP contribution in [-0.2, 0) is 0 Å². The third kappa shape index (κ3) is 3.72. The van der Waals surface area contributed by atoms with E-state index in [9.17, 15) is 5.11 Å². The summed E-state index contributed by atoms with van der Waals surface area (Å²) in [4.78, 5) is 0. The molecule has 1 aromatic carbocycles. The van der Waals surface area contributed by atoms with Crippen LogP contribution in [0.1, 0.15) is 45.1 Å². The fourth-order valence-electron chi connectivity index (χ4n) is 2.98. The highest BCUT2D eigenvalue weighted by Crippen LogP contribution is 2.34. The zero-order valence-electron chi connectivity index (χ0n) is 13.9. The molecule has 22 heavy (non-hydrogen) atoms. The van der Waals surface area contributed by atoms with Crippen LogP contribution in [0.15, 0.2) is 47.2 Å². The first kappa shape index (κ1) is 16.6. The van der Waals surface area contributed by atoms with Gasteiger partial charge < -0.3 is 16.2 Å². The van der Waals surface area contributed by atoms with Crippen LogP contribution in [0.25, 0.3) is 0 Å². The monoisotopic (exact) mass is 300 g/mol. The van der Waals surface area contributed by atoms with E-state index >= 15 is 0 Å². The number of allylic oxidation sites excluding steroid dienone is 2. The van der Waals surface area contributed by atoms with E-state index in [2.05, 4.69) is 32.2 Å². The van der Waals surface area contributed by atoms with Crippen molar-refractivity contribution in [2.24, 2.45) is 11.7 Å². The van der Waals surface area contributed by atoms with Crippen molar-refractivity contribution in [3.63, 3.8) is 0 Å². The van der Waals surface area contributed by atoms with Gasteiger partial charge in [-0.15, -0.1) is 0 Å². The fourth-order valence-corrected chi connectivity index (χ4v) is 2.98. The Hall–Kier alpha value is -1.74. The summed E-state index contributed by atoms with van der Waals surface area (Å²) in [5.41, 5.74) is 11.2. The SMILES string of the molecule is CCC(C)/C(C)=C(\N)C1=CCNCCC1c1ccc(O)cc1. The first-order chi connectivity index (χ1) is 10.5. The summed E-state index contributed by atoms with van der Waals surface area (Å²) in [6.07, 6.45) is 4.35. The van der Waals surface area contributed by atoms with Crippen molar-refractivity contribution < 1.29 is 5.11 Å². The van der Waals surface area contributed by atoms with Gasteiger partial charge in [-0.05, 0) is 61.1 Å². The number of nitrogens with two attached hydrogens (primary N) is 1. The maximum atomic E-state index is 9.52. The van der Waals surface area contributed by atoms with Crippen molar-refractivity contribution in [3.05, 3.63) is 52.7 Å². The number of rotatable bonds is 4. The molecule has 0 saturated heterocycles. The third-order valence-corrected chi connectivity index (χ3v) is 4.83. The van der Waals surface area contributed by atoms with Gasteiger partial charge in [0.1, 0.15) is 5.75 Å². The van der Waals surface area contributed by atoms with Gasteiger partial charge in [0, 0.05) is 18.2 Å². The average Bonchev–Trinajstić information content (AvgIpc) is 2.79. The number of nitrogens with one attached hydrogen (secondary N) is 1. The molecule has 4 N–H and O–H groups in total. The van der Waals surface area contributed by atoms with E-state index in [1.165, 1.54) is 16.7 Å². The predicted octanol–water partition coefficient (Wildman–Crippen LogP) is 3.67. The van der Waals surface area contributed by atoms with E-state index in [0.717, 1.165) is 31.6 Å². The van der Waals surface area contributed by atoms with Gasteiger partial charge in [-0.1, -0.05) is 32.1 Å². The van der Waals surface area contributed by atoms with E-state index in [1.54, 1.807) is 12.1 Å². The van der Waals surface area contributed by atoms with Crippen LogP contribution in [-0.4, -0.2) is 18.2 Å². The largest absolute Gasteiger partial charge is 0.508 e. The molecule has 0 aliphatic carbocycles. The van der Waals surface area contributed by atoms with Gasteiger partial charge in [0.25, 0.3) is 0 Å². The molecule has 1 aromatic rings. The Bertz CT molecular complexity index is 557. The van der Waals surface area contributed by atoms with Crippen LogP contribution < -0.4 is 11.1 Å². The Kier molecular flexibility index (Phi) is 5.67. The van der Waals surface area contributed by atoms with Crippen molar-refractivity contribution >= 4 is 0 Å². The Morgan fingerprint density at radius 3 is 2.68 bits per heavy atom. The number of benzene rings is 1. The van der Waals surface area contributed by atoms with Gasteiger partial charge in [0.15, 0.2) is 0 Å². The molecule has 3 heteroatoms. The molecule has 2 unspecified atom stereocenters. The minimum Gasteiger partial charge on any atom is -0.508 e.